The van der Waals surface area contributed by atoms with E-state index in [4.69, 9.17) is 9.84 Å². The Bertz CT molecular complexity index is 535. The van der Waals surface area contributed by atoms with Crippen molar-refractivity contribution >= 4 is 18.0 Å². The summed E-state index contributed by atoms with van der Waals surface area (Å²) < 4.78 is 5.36. The first-order valence-electron chi connectivity index (χ1n) is 6.81. The zero-order valence-electron chi connectivity index (χ0n) is 12.6. The van der Waals surface area contributed by atoms with Gasteiger partial charge < -0.3 is 15.2 Å². The van der Waals surface area contributed by atoms with Gasteiger partial charge in [0, 0.05) is 18.2 Å². The zero-order valence-corrected chi connectivity index (χ0v) is 12.6. The summed E-state index contributed by atoms with van der Waals surface area (Å²) in [6.45, 7) is 6.60. The lowest BCUT2D eigenvalue weighted by Crippen LogP contribution is -2.28. The van der Waals surface area contributed by atoms with Gasteiger partial charge in [0.15, 0.2) is 0 Å². The van der Waals surface area contributed by atoms with E-state index in [1.165, 1.54) is 6.08 Å². The maximum atomic E-state index is 12.1. The van der Waals surface area contributed by atoms with Crippen LogP contribution in [0.4, 0.5) is 0 Å². The van der Waals surface area contributed by atoms with Gasteiger partial charge in [0.25, 0.3) is 5.91 Å². The van der Waals surface area contributed by atoms with Gasteiger partial charge in [-0.3, -0.25) is 4.79 Å². The lowest BCUT2D eigenvalue weighted by Gasteiger charge is -2.10. The molecular formula is C16H21NO4. The Kier molecular flexibility index (Phi) is 6.62. The Labute approximate surface area is 124 Å². The van der Waals surface area contributed by atoms with E-state index in [0.29, 0.717) is 24.3 Å². The molecule has 5 heteroatoms. The number of amides is 1. The number of nitrogens with one attached hydrogen (secondary N) is 1. The van der Waals surface area contributed by atoms with Crippen LogP contribution >= 0.6 is 0 Å². The molecule has 0 unspecified atom stereocenters. The van der Waals surface area contributed by atoms with Crippen molar-refractivity contribution in [3.63, 3.8) is 0 Å². The predicted octanol–water partition coefficient (Wildman–Crippen LogP) is 2.25. The number of rotatable bonds is 7. The summed E-state index contributed by atoms with van der Waals surface area (Å²) in [5.41, 5.74) is 2.04. The van der Waals surface area contributed by atoms with E-state index in [-0.39, 0.29) is 12.0 Å². The smallest absolute Gasteiger partial charge is 0.328 e. The van der Waals surface area contributed by atoms with Crippen LogP contribution < -0.4 is 5.32 Å². The third-order valence-corrected chi connectivity index (χ3v) is 2.76. The van der Waals surface area contributed by atoms with E-state index in [0.717, 1.165) is 11.6 Å². The number of carboxylic acids is 1. The molecule has 0 fully saturated rings. The van der Waals surface area contributed by atoms with E-state index in [1.54, 1.807) is 18.2 Å². The molecule has 0 aliphatic rings. The molecule has 0 heterocycles. The zero-order chi connectivity index (χ0) is 15.8. The molecular weight excluding hydrogens is 270 g/mol. The van der Waals surface area contributed by atoms with Crippen molar-refractivity contribution in [2.75, 3.05) is 13.2 Å². The van der Waals surface area contributed by atoms with E-state index in [1.807, 2.05) is 20.8 Å². The fourth-order valence-corrected chi connectivity index (χ4v) is 1.71. The summed E-state index contributed by atoms with van der Waals surface area (Å²) in [7, 11) is 0. The minimum Gasteiger partial charge on any atom is -0.478 e. The monoisotopic (exact) mass is 291 g/mol. The summed E-state index contributed by atoms with van der Waals surface area (Å²) in [6.07, 6.45) is 2.64. The van der Waals surface area contributed by atoms with Gasteiger partial charge in [0.1, 0.15) is 0 Å². The minimum atomic E-state index is -1.02. The highest BCUT2D eigenvalue weighted by Crippen LogP contribution is 2.12. The van der Waals surface area contributed by atoms with Gasteiger partial charge in [-0.1, -0.05) is 12.1 Å². The van der Waals surface area contributed by atoms with E-state index < -0.39 is 5.97 Å². The summed E-state index contributed by atoms with van der Waals surface area (Å²) in [6, 6.07) is 5.24. The number of aryl methyl sites for hydroxylation is 1. The third-order valence-electron chi connectivity index (χ3n) is 2.76. The number of ether oxygens (including phenoxy) is 1. The number of carbonyl (C=O) groups excluding carboxylic acids is 1. The molecule has 0 aliphatic heterocycles. The van der Waals surface area contributed by atoms with Crippen LogP contribution in [0.3, 0.4) is 0 Å². The highest BCUT2D eigenvalue weighted by atomic mass is 16.5. The number of benzene rings is 1. The van der Waals surface area contributed by atoms with E-state index in [2.05, 4.69) is 5.32 Å². The number of aliphatic carboxylic acids is 1. The van der Waals surface area contributed by atoms with Crippen LogP contribution in [0, 0.1) is 6.92 Å². The molecule has 0 spiro atoms. The molecule has 1 rings (SSSR count). The Balaban J connectivity index is 2.70. The van der Waals surface area contributed by atoms with Crippen molar-refractivity contribution < 1.29 is 19.4 Å². The number of carboxylic acid groups (broad SMARTS) is 1. The van der Waals surface area contributed by atoms with Crippen LogP contribution in [0.25, 0.3) is 6.08 Å². The second-order valence-electron chi connectivity index (χ2n) is 4.92. The first kappa shape index (κ1) is 16.9. The van der Waals surface area contributed by atoms with Crippen molar-refractivity contribution in [2.24, 2.45) is 0 Å². The van der Waals surface area contributed by atoms with Crippen molar-refractivity contribution in [1.29, 1.82) is 0 Å². The SMILES string of the molecule is Cc1ccc(/C=C/C(=O)O)cc1C(=O)NCCOC(C)C. The van der Waals surface area contributed by atoms with Gasteiger partial charge in [-0.2, -0.15) is 0 Å². The average molecular weight is 291 g/mol. The molecule has 1 aromatic carbocycles. The van der Waals surface area contributed by atoms with Gasteiger partial charge >= 0.3 is 5.97 Å². The van der Waals surface area contributed by atoms with Gasteiger partial charge in [0.05, 0.1) is 12.7 Å². The summed E-state index contributed by atoms with van der Waals surface area (Å²) >= 11 is 0. The quantitative estimate of drug-likeness (QED) is 0.597. The molecule has 1 aromatic rings. The summed E-state index contributed by atoms with van der Waals surface area (Å²) in [4.78, 5) is 22.6. The van der Waals surface area contributed by atoms with Crippen LogP contribution in [0.2, 0.25) is 0 Å². The topological polar surface area (TPSA) is 75.6 Å². The number of hydrogen-bond donors (Lipinski definition) is 2. The molecule has 0 saturated carbocycles. The highest BCUT2D eigenvalue weighted by molar-refractivity contribution is 5.96. The molecule has 0 saturated heterocycles. The maximum absolute atomic E-state index is 12.1. The molecule has 0 radical (unpaired) electrons. The second kappa shape index (κ2) is 8.21. The fourth-order valence-electron chi connectivity index (χ4n) is 1.71. The largest absolute Gasteiger partial charge is 0.478 e. The second-order valence-corrected chi connectivity index (χ2v) is 4.92. The summed E-state index contributed by atoms with van der Waals surface area (Å²) in [5.74, 6) is -1.21. The Morgan fingerprint density at radius 2 is 2.10 bits per heavy atom. The fraction of sp³-hybridized carbons (Fsp3) is 0.375. The Morgan fingerprint density at radius 1 is 1.38 bits per heavy atom. The van der Waals surface area contributed by atoms with E-state index >= 15 is 0 Å². The standard InChI is InChI=1S/C16H21NO4/c1-11(2)21-9-8-17-16(20)14-10-13(5-4-12(14)3)6-7-15(18)19/h4-7,10-11H,8-9H2,1-3H3,(H,17,20)(H,18,19)/b7-6+. The normalized spacial score (nSPS) is 11.0. The lowest BCUT2D eigenvalue weighted by atomic mass is 10.0. The lowest BCUT2D eigenvalue weighted by molar-refractivity contribution is -0.131. The van der Waals surface area contributed by atoms with Gasteiger partial charge in [-0.15, -0.1) is 0 Å². The third kappa shape index (κ3) is 6.23. The highest BCUT2D eigenvalue weighted by Gasteiger charge is 2.09. The molecule has 114 valence electrons. The van der Waals surface area contributed by atoms with Crippen LogP contribution in [-0.2, 0) is 9.53 Å². The molecule has 0 bridgehead atoms. The van der Waals surface area contributed by atoms with Gasteiger partial charge in [-0.05, 0) is 44.0 Å². The van der Waals surface area contributed by atoms with E-state index in [9.17, 15) is 9.59 Å². The molecule has 2 N–H and O–H groups in total. The average Bonchev–Trinajstić information content (AvgIpc) is 2.42. The predicted molar refractivity (Wildman–Crippen MR) is 81.3 cm³/mol. The van der Waals surface area contributed by atoms with Gasteiger partial charge in [0.2, 0.25) is 0 Å². The van der Waals surface area contributed by atoms with Crippen LogP contribution in [-0.4, -0.2) is 36.2 Å². The first-order valence-corrected chi connectivity index (χ1v) is 6.81. The Hall–Kier alpha value is -2.14. The molecule has 5 nitrogen and oxygen atoms in total. The molecule has 0 atom stereocenters. The van der Waals surface area contributed by atoms with Crippen molar-refractivity contribution in [3.05, 3.63) is 41.0 Å². The summed E-state index contributed by atoms with van der Waals surface area (Å²) in [5, 5.41) is 11.4. The molecule has 0 aromatic heterocycles. The first-order chi connectivity index (χ1) is 9.90. The van der Waals surface area contributed by atoms with Crippen LogP contribution in [0.15, 0.2) is 24.3 Å². The van der Waals surface area contributed by atoms with Crippen LogP contribution in [0.5, 0.6) is 0 Å². The minimum absolute atomic E-state index is 0.133. The van der Waals surface area contributed by atoms with Crippen molar-refractivity contribution in [1.82, 2.24) is 5.32 Å². The van der Waals surface area contributed by atoms with Crippen molar-refractivity contribution in [3.8, 4) is 0 Å². The molecule has 21 heavy (non-hydrogen) atoms. The van der Waals surface area contributed by atoms with Gasteiger partial charge in [-0.25, -0.2) is 4.79 Å². The molecule has 1 amide bonds. The Morgan fingerprint density at radius 3 is 2.71 bits per heavy atom. The molecule has 0 aliphatic carbocycles. The number of carbonyl (C=O) groups is 2. The maximum Gasteiger partial charge on any atom is 0.328 e. The van der Waals surface area contributed by atoms with Crippen LogP contribution in [0.1, 0.15) is 35.3 Å². The number of hydrogen-bond acceptors (Lipinski definition) is 3. The van der Waals surface area contributed by atoms with Crippen molar-refractivity contribution in [2.45, 2.75) is 26.9 Å².